The highest BCUT2D eigenvalue weighted by molar-refractivity contribution is 6.46. The molecule has 0 bridgehead atoms. The van der Waals surface area contributed by atoms with Gasteiger partial charge in [0.25, 0.3) is 11.7 Å². The minimum Gasteiger partial charge on any atom is -0.507 e. The summed E-state index contributed by atoms with van der Waals surface area (Å²) >= 11 is 6.32. The first-order valence-electron chi connectivity index (χ1n) is 10.6. The van der Waals surface area contributed by atoms with Crippen LogP contribution in [0.25, 0.3) is 5.76 Å². The van der Waals surface area contributed by atoms with Gasteiger partial charge in [-0.1, -0.05) is 49.6 Å². The summed E-state index contributed by atoms with van der Waals surface area (Å²) in [6.45, 7) is 4.28. The van der Waals surface area contributed by atoms with Crippen molar-refractivity contribution in [2.24, 2.45) is 0 Å². The average Bonchev–Trinajstić information content (AvgIpc) is 3.03. The summed E-state index contributed by atoms with van der Waals surface area (Å²) < 4.78 is 10.9. The number of ketones is 1. The molecule has 1 N–H and O–H groups in total. The zero-order chi connectivity index (χ0) is 23.4. The Balaban J connectivity index is 2.26. The number of benzene rings is 2. The minimum absolute atomic E-state index is 0.00374. The number of unbranched alkanes of at least 4 members (excludes halogenated alkanes) is 2. The van der Waals surface area contributed by atoms with Gasteiger partial charge in [-0.3, -0.25) is 9.59 Å². The van der Waals surface area contributed by atoms with Crippen LogP contribution in [-0.4, -0.2) is 42.5 Å². The molecule has 170 valence electrons. The molecule has 1 heterocycles. The van der Waals surface area contributed by atoms with E-state index in [-0.39, 0.29) is 22.6 Å². The standard InChI is InChI=1S/C25H28ClNO5/c1-5-6-9-12-27-21(16-10-7-8-11-19(16)31-3)20(23(29)25(27)30)22(28)17-13-15(2)14-18(26)24(17)32-4/h7-8,10-11,13-14,21,28H,5-6,9,12H2,1-4H3/b22-20+. The second-order valence-corrected chi connectivity index (χ2v) is 8.18. The summed E-state index contributed by atoms with van der Waals surface area (Å²) in [5, 5.41) is 11.7. The fraction of sp³-hybridized carbons (Fsp3) is 0.360. The van der Waals surface area contributed by atoms with Gasteiger partial charge in [0.2, 0.25) is 0 Å². The van der Waals surface area contributed by atoms with E-state index in [1.54, 1.807) is 24.3 Å². The molecule has 1 unspecified atom stereocenters. The Kier molecular flexibility index (Phi) is 7.46. The lowest BCUT2D eigenvalue weighted by Gasteiger charge is -2.26. The van der Waals surface area contributed by atoms with Crippen LogP contribution >= 0.6 is 11.6 Å². The topological polar surface area (TPSA) is 76.1 Å². The summed E-state index contributed by atoms with van der Waals surface area (Å²) in [4.78, 5) is 27.8. The van der Waals surface area contributed by atoms with Crippen LogP contribution in [0.4, 0.5) is 0 Å². The van der Waals surface area contributed by atoms with Crippen LogP contribution < -0.4 is 9.47 Å². The second kappa shape index (κ2) is 10.1. The Hall–Kier alpha value is -2.99. The van der Waals surface area contributed by atoms with Crippen LogP contribution in [0.3, 0.4) is 0 Å². The predicted octanol–water partition coefficient (Wildman–Crippen LogP) is 5.28. The number of halogens is 1. The number of hydrogen-bond donors (Lipinski definition) is 1. The van der Waals surface area contributed by atoms with Crippen LogP contribution in [0.2, 0.25) is 5.02 Å². The molecule has 1 fully saturated rings. The van der Waals surface area contributed by atoms with Gasteiger partial charge in [-0.2, -0.15) is 0 Å². The molecule has 2 aromatic carbocycles. The highest BCUT2D eigenvalue weighted by Crippen LogP contribution is 2.44. The molecular weight excluding hydrogens is 430 g/mol. The molecule has 0 aromatic heterocycles. The number of aryl methyl sites for hydroxylation is 1. The number of aliphatic hydroxyl groups excluding tert-OH is 1. The quantitative estimate of drug-likeness (QED) is 0.252. The number of ether oxygens (including phenoxy) is 2. The van der Waals surface area contributed by atoms with Crippen molar-refractivity contribution in [3.8, 4) is 11.5 Å². The normalized spacial score (nSPS) is 17.7. The number of methoxy groups -OCH3 is 2. The molecule has 1 aliphatic heterocycles. The van der Waals surface area contributed by atoms with Crippen molar-refractivity contribution in [2.75, 3.05) is 20.8 Å². The first kappa shape index (κ1) is 23.7. The van der Waals surface area contributed by atoms with Crippen LogP contribution in [0.5, 0.6) is 11.5 Å². The maximum absolute atomic E-state index is 13.2. The summed E-state index contributed by atoms with van der Waals surface area (Å²) in [6, 6.07) is 9.80. The van der Waals surface area contributed by atoms with E-state index in [2.05, 4.69) is 6.92 Å². The van der Waals surface area contributed by atoms with E-state index in [0.29, 0.717) is 22.9 Å². The lowest BCUT2D eigenvalue weighted by atomic mass is 9.93. The number of Topliss-reactive ketones (excluding diaryl/α,β-unsaturated/α-hetero) is 1. The molecule has 6 nitrogen and oxygen atoms in total. The van der Waals surface area contributed by atoms with Gasteiger partial charge in [0.05, 0.1) is 36.4 Å². The van der Waals surface area contributed by atoms with Crippen LogP contribution in [-0.2, 0) is 9.59 Å². The van der Waals surface area contributed by atoms with Crippen LogP contribution in [0.15, 0.2) is 42.0 Å². The number of nitrogens with zero attached hydrogens (tertiary/aromatic N) is 1. The van der Waals surface area contributed by atoms with E-state index >= 15 is 0 Å². The molecule has 2 aromatic rings. The Morgan fingerprint density at radius 1 is 1.12 bits per heavy atom. The third-order valence-electron chi connectivity index (χ3n) is 5.62. The molecule has 1 aliphatic rings. The summed E-state index contributed by atoms with van der Waals surface area (Å²) in [6.07, 6.45) is 2.64. The molecule has 0 aliphatic carbocycles. The van der Waals surface area contributed by atoms with Gasteiger partial charge in [-0.05, 0) is 37.1 Å². The van der Waals surface area contributed by atoms with Gasteiger partial charge in [0.1, 0.15) is 17.3 Å². The van der Waals surface area contributed by atoms with E-state index in [9.17, 15) is 14.7 Å². The molecule has 0 saturated carbocycles. The zero-order valence-corrected chi connectivity index (χ0v) is 19.5. The number of hydrogen-bond acceptors (Lipinski definition) is 5. The first-order valence-corrected chi connectivity index (χ1v) is 11.0. The second-order valence-electron chi connectivity index (χ2n) is 7.77. The number of aliphatic hydroxyl groups is 1. The number of amides is 1. The fourth-order valence-electron chi connectivity index (χ4n) is 4.12. The molecular formula is C25H28ClNO5. The van der Waals surface area contributed by atoms with Gasteiger partial charge >= 0.3 is 0 Å². The van der Waals surface area contributed by atoms with E-state index in [0.717, 1.165) is 24.8 Å². The largest absolute Gasteiger partial charge is 0.507 e. The Bertz CT molecular complexity index is 1060. The average molecular weight is 458 g/mol. The molecule has 3 rings (SSSR count). The predicted molar refractivity (Wildman–Crippen MR) is 124 cm³/mol. The minimum atomic E-state index is -0.785. The molecule has 32 heavy (non-hydrogen) atoms. The highest BCUT2D eigenvalue weighted by Gasteiger charge is 2.47. The first-order chi connectivity index (χ1) is 15.3. The lowest BCUT2D eigenvalue weighted by Crippen LogP contribution is -2.30. The summed E-state index contributed by atoms with van der Waals surface area (Å²) in [7, 11) is 2.97. The van der Waals surface area contributed by atoms with Gasteiger partial charge in [0, 0.05) is 12.1 Å². The van der Waals surface area contributed by atoms with Crippen LogP contribution in [0, 0.1) is 6.92 Å². The molecule has 1 saturated heterocycles. The maximum atomic E-state index is 13.2. The SMILES string of the molecule is CCCCCN1C(=O)C(=O)/C(=C(/O)c2cc(C)cc(Cl)c2OC)C1c1ccccc1OC. The number of para-hydroxylation sites is 1. The summed E-state index contributed by atoms with van der Waals surface area (Å²) in [5.41, 5.74) is 1.67. The number of likely N-dealkylation sites (tertiary alicyclic amines) is 1. The Morgan fingerprint density at radius 2 is 1.84 bits per heavy atom. The Morgan fingerprint density at radius 3 is 2.50 bits per heavy atom. The molecule has 1 atom stereocenters. The third kappa shape index (κ3) is 4.32. The number of rotatable bonds is 8. The van der Waals surface area contributed by atoms with Crippen molar-refractivity contribution in [2.45, 2.75) is 39.2 Å². The van der Waals surface area contributed by atoms with E-state index in [1.165, 1.54) is 19.1 Å². The number of carbonyl (C=O) groups excluding carboxylic acids is 2. The van der Waals surface area contributed by atoms with Crippen molar-refractivity contribution in [1.29, 1.82) is 0 Å². The van der Waals surface area contributed by atoms with E-state index in [1.807, 2.05) is 19.1 Å². The van der Waals surface area contributed by atoms with Gasteiger partial charge in [-0.25, -0.2) is 0 Å². The van der Waals surface area contributed by atoms with Gasteiger partial charge < -0.3 is 19.5 Å². The lowest BCUT2D eigenvalue weighted by molar-refractivity contribution is -0.139. The smallest absolute Gasteiger partial charge is 0.295 e. The van der Waals surface area contributed by atoms with Gasteiger partial charge in [-0.15, -0.1) is 0 Å². The van der Waals surface area contributed by atoms with E-state index in [4.69, 9.17) is 21.1 Å². The van der Waals surface area contributed by atoms with Crippen molar-refractivity contribution in [3.63, 3.8) is 0 Å². The number of carbonyl (C=O) groups is 2. The van der Waals surface area contributed by atoms with Crippen LogP contribution in [0.1, 0.15) is 48.9 Å². The van der Waals surface area contributed by atoms with Crippen molar-refractivity contribution in [3.05, 3.63) is 63.7 Å². The van der Waals surface area contributed by atoms with Gasteiger partial charge in [0.15, 0.2) is 0 Å². The van der Waals surface area contributed by atoms with Crippen molar-refractivity contribution < 1.29 is 24.2 Å². The zero-order valence-electron chi connectivity index (χ0n) is 18.8. The third-order valence-corrected chi connectivity index (χ3v) is 5.90. The maximum Gasteiger partial charge on any atom is 0.295 e. The Labute approximate surface area is 193 Å². The monoisotopic (exact) mass is 457 g/mol. The molecule has 0 radical (unpaired) electrons. The molecule has 7 heteroatoms. The molecule has 1 amide bonds. The highest BCUT2D eigenvalue weighted by atomic mass is 35.5. The summed E-state index contributed by atoms with van der Waals surface area (Å²) in [5.74, 6) is -0.934. The van der Waals surface area contributed by atoms with Crippen molar-refractivity contribution in [1.82, 2.24) is 4.90 Å². The van der Waals surface area contributed by atoms with E-state index < -0.39 is 17.7 Å². The molecule has 0 spiro atoms. The fourth-order valence-corrected chi connectivity index (χ4v) is 4.47. The van der Waals surface area contributed by atoms with Crippen molar-refractivity contribution >= 4 is 29.1 Å².